The summed E-state index contributed by atoms with van der Waals surface area (Å²) in [6.45, 7) is 2.86. The lowest BCUT2D eigenvalue weighted by atomic mass is 9.83. The van der Waals surface area contributed by atoms with Gasteiger partial charge < -0.3 is 10.2 Å². The molecule has 1 aromatic carbocycles. The van der Waals surface area contributed by atoms with E-state index in [1.807, 2.05) is 6.07 Å². The Bertz CT molecular complexity index is 408. The van der Waals surface area contributed by atoms with Crippen LogP contribution >= 0.6 is 0 Å². The van der Waals surface area contributed by atoms with Crippen molar-refractivity contribution in [1.82, 2.24) is 4.90 Å². The van der Waals surface area contributed by atoms with Crippen LogP contribution in [0.15, 0.2) is 30.3 Å². The first-order chi connectivity index (χ1) is 8.68. The van der Waals surface area contributed by atoms with Gasteiger partial charge in [-0.15, -0.1) is 0 Å². The zero-order chi connectivity index (χ0) is 12.7. The van der Waals surface area contributed by atoms with Gasteiger partial charge in [-0.25, -0.2) is 0 Å². The van der Waals surface area contributed by atoms with Gasteiger partial charge in [0.15, 0.2) is 0 Å². The predicted octanol–water partition coefficient (Wildman–Crippen LogP) is 1.56. The van der Waals surface area contributed by atoms with Crippen molar-refractivity contribution in [3.8, 4) is 0 Å². The molecule has 2 heterocycles. The quantitative estimate of drug-likeness (QED) is 0.791. The Hall–Kier alpha value is -0.900. The molecule has 2 N–H and O–H groups in total. The van der Waals surface area contributed by atoms with E-state index in [0.717, 1.165) is 12.8 Å². The summed E-state index contributed by atoms with van der Waals surface area (Å²) in [5.41, 5.74) is 1.30. The molecule has 0 amide bonds. The highest BCUT2D eigenvalue weighted by atomic mass is 16.3. The number of aliphatic hydroxyl groups excluding tert-OH is 2. The lowest BCUT2D eigenvalue weighted by Gasteiger charge is -2.42. The minimum Gasteiger partial charge on any atom is -0.389 e. The molecule has 0 bridgehead atoms. The molecule has 2 saturated heterocycles. The van der Waals surface area contributed by atoms with Gasteiger partial charge in [0.25, 0.3) is 0 Å². The number of rotatable bonds is 1. The number of hydrogen-bond donors (Lipinski definition) is 2. The molecule has 3 unspecified atom stereocenters. The fourth-order valence-corrected chi connectivity index (χ4v) is 3.66. The molecule has 0 spiro atoms. The maximum absolute atomic E-state index is 10.1. The molecule has 2 aliphatic rings. The average Bonchev–Trinajstić information content (AvgIpc) is 2.66. The van der Waals surface area contributed by atoms with Crippen LogP contribution in [0, 0.1) is 5.92 Å². The van der Waals surface area contributed by atoms with Gasteiger partial charge in [0.2, 0.25) is 0 Å². The normalized spacial score (nSPS) is 40.7. The van der Waals surface area contributed by atoms with Crippen LogP contribution in [-0.4, -0.2) is 39.9 Å². The number of hydrogen-bond acceptors (Lipinski definition) is 3. The minimum absolute atomic E-state index is 0.126. The van der Waals surface area contributed by atoms with Gasteiger partial charge in [-0.1, -0.05) is 37.3 Å². The van der Waals surface area contributed by atoms with Crippen molar-refractivity contribution in [2.75, 3.05) is 6.54 Å². The molecular weight excluding hydrogens is 226 g/mol. The van der Waals surface area contributed by atoms with Gasteiger partial charge in [-0.3, -0.25) is 4.90 Å². The standard InChI is InChI=1S/C15H21NO2/c1-10-7-8-12-15(18)13(17)9-16(12)14(10)11-5-3-2-4-6-11/h2-6,10,12-15,17-18H,7-9H2,1H3/t10?,12?,13-,14?,15+/m1/s1. The Balaban J connectivity index is 1.92. The third-order valence-electron chi connectivity index (χ3n) is 4.57. The molecule has 1 aromatic rings. The van der Waals surface area contributed by atoms with Gasteiger partial charge in [0.1, 0.15) is 0 Å². The lowest BCUT2D eigenvalue weighted by Crippen LogP contribution is -2.44. The van der Waals surface area contributed by atoms with E-state index >= 15 is 0 Å². The summed E-state index contributed by atoms with van der Waals surface area (Å²) in [4.78, 5) is 2.30. The minimum atomic E-state index is -0.591. The molecule has 0 radical (unpaired) electrons. The van der Waals surface area contributed by atoms with Crippen molar-refractivity contribution in [2.24, 2.45) is 5.92 Å². The molecule has 2 fully saturated rings. The molecule has 2 aliphatic heterocycles. The SMILES string of the molecule is CC1CCC2[C@H](O)[C@H](O)CN2C1c1ccccc1. The molecule has 5 atom stereocenters. The summed E-state index contributed by atoms with van der Waals surface area (Å²) in [6.07, 6.45) is 0.933. The van der Waals surface area contributed by atoms with E-state index in [1.54, 1.807) is 0 Å². The van der Waals surface area contributed by atoms with Crippen molar-refractivity contribution in [3.05, 3.63) is 35.9 Å². The van der Waals surface area contributed by atoms with E-state index in [0.29, 0.717) is 18.5 Å². The zero-order valence-corrected chi connectivity index (χ0v) is 10.7. The summed E-state index contributed by atoms with van der Waals surface area (Å²) in [5, 5.41) is 19.9. The highest BCUT2D eigenvalue weighted by Crippen LogP contribution is 2.42. The first kappa shape index (κ1) is 12.2. The van der Waals surface area contributed by atoms with E-state index in [2.05, 4.69) is 36.1 Å². The van der Waals surface area contributed by atoms with E-state index in [1.165, 1.54) is 5.56 Å². The predicted molar refractivity (Wildman–Crippen MR) is 70.1 cm³/mol. The van der Waals surface area contributed by atoms with Crippen LogP contribution in [0.3, 0.4) is 0 Å². The topological polar surface area (TPSA) is 43.7 Å². The second-order valence-corrected chi connectivity index (χ2v) is 5.73. The summed E-state index contributed by atoms with van der Waals surface area (Å²) < 4.78 is 0. The van der Waals surface area contributed by atoms with Crippen LogP contribution in [0.1, 0.15) is 31.4 Å². The van der Waals surface area contributed by atoms with Crippen LogP contribution < -0.4 is 0 Å². The maximum Gasteiger partial charge on any atom is 0.0966 e. The Morgan fingerprint density at radius 1 is 1.11 bits per heavy atom. The smallest absolute Gasteiger partial charge is 0.0966 e. The summed E-state index contributed by atoms with van der Waals surface area (Å²) in [7, 11) is 0. The summed E-state index contributed by atoms with van der Waals surface area (Å²) >= 11 is 0. The number of aliphatic hydroxyl groups is 2. The monoisotopic (exact) mass is 247 g/mol. The van der Waals surface area contributed by atoms with Crippen LogP contribution in [0.4, 0.5) is 0 Å². The second kappa shape index (κ2) is 4.65. The van der Waals surface area contributed by atoms with Crippen LogP contribution in [0.5, 0.6) is 0 Å². The first-order valence-electron chi connectivity index (χ1n) is 6.85. The van der Waals surface area contributed by atoms with Gasteiger partial charge in [-0.05, 0) is 24.3 Å². The van der Waals surface area contributed by atoms with Crippen LogP contribution in [0.2, 0.25) is 0 Å². The van der Waals surface area contributed by atoms with E-state index in [-0.39, 0.29) is 6.04 Å². The maximum atomic E-state index is 10.1. The molecule has 0 aliphatic carbocycles. The van der Waals surface area contributed by atoms with E-state index in [9.17, 15) is 10.2 Å². The van der Waals surface area contributed by atoms with Crippen molar-refractivity contribution in [3.63, 3.8) is 0 Å². The fraction of sp³-hybridized carbons (Fsp3) is 0.600. The summed E-state index contributed by atoms with van der Waals surface area (Å²) in [5.74, 6) is 0.571. The van der Waals surface area contributed by atoms with E-state index < -0.39 is 12.2 Å². The largest absolute Gasteiger partial charge is 0.389 e. The Morgan fingerprint density at radius 2 is 1.83 bits per heavy atom. The van der Waals surface area contributed by atoms with Crippen molar-refractivity contribution >= 4 is 0 Å². The van der Waals surface area contributed by atoms with Gasteiger partial charge >= 0.3 is 0 Å². The molecule has 3 nitrogen and oxygen atoms in total. The second-order valence-electron chi connectivity index (χ2n) is 5.73. The van der Waals surface area contributed by atoms with Crippen molar-refractivity contribution in [1.29, 1.82) is 0 Å². The van der Waals surface area contributed by atoms with Gasteiger partial charge in [0.05, 0.1) is 12.2 Å². The highest BCUT2D eigenvalue weighted by molar-refractivity contribution is 5.22. The number of fused-ring (bicyclic) bond motifs is 1. The number of piperidine rings is 1. The zero-order valence-electron chi connectivity index (χ0n) is 10.7. The van der Waals surface area contributed by atoms with Gasteiger partial charge in [-0.2, -0.15) is 0 Å². The first-order valence-corrected chi connectivity index (χ1v) is 6.85. The third-order valence-corrected chi connectivity index (χ3v) is 4.57. The molecule has 0 saturated carbocycles. The summed E-state index contributed by atoms with van der Waals surface area (Å²) in [6, 6.07) is 10.9. The lowest BCUT2D eigenvalue weighted by molar-refractivity contribution is 0.0133. The van der Waals surface area contributed by atoms with E-state index in [4.69, 9.17) is 0 Å². The Kier molecular flexibility index (Phi) is 3.14. The fourth-order valence-electron chi connectivity index (χ4n) is 3.66. The van der Waals surface area contributed by atoms with Crippen molar-refractivity contribution < 1.29 is 10.2 Å². The van der Waals surface area contributed by atoms with Gasteiger partial charge in [0, 0.05) is 18.6 Å². The molecule has 3 heteroatoms. The Labute approximate surface area is 108 Å². The molecule has 0 aromatic heterocycles. The van der Waals surface area contributed by atoms with Crippen LogP contribution in [-0.2, 0) is 0 Å². The molecule has 98 valence electrons. The van der Waals surface area contributed by atoms with Crippen LogP contribution in [0.25, 0.3) is 0 Å². The highest BCUT2D eigenvalue weighted by Gasteiger charge is 2.47. The number of nitrogens with zero attached hydrogens (tertiary/aromatic N) is 1. The molecular formula is C15H21NO2. The Morgan fingerprint density at radius 3 is 2.56 bits per heavy atom. The average molecular weight is 247 g/mol. The third kappa shape index (κ3) is 1.87. The molecule has 3 rings (SSSR count). The van der Waals surface area contributed by atoms with Crippen molar-refractivity contribution in [2.45, 2.75) is 44.1 Å². The number of benzene rings is 1. The molecule has 18 heavy (non-hydrogen) atoms.